The van der Waals surface area contributed by atoms with Gasteiger partial charge in [-0.3, -0.25) is 4.79 Å². The molecule has 19 heavy (non-hydrogen) atoms. The van der Waals surface area contributed by atoms with Crippen molar-refractivity contribution >= 4 is 35.1 Å². The van der Waals surface area contributed by atoms with E-state index in [4.69, 9.17) is 28.3 Å². The van der Waals surface area contributed by atoms with E-state index in [1.165, 1.54) is 4.90 Å². The van der Waals surface area contributed by atoms with Gasteiger partial charge < -0.3 is 10.0 Å². The van der Waals surface area contributed by atoms with Crippen molar-refractivity contribution in [2.45, 2.75) is 25.3 Å². The Balaban J connectivity index is 2.15. The molecule has 1 aliphatic rings. The van der Waals surface area contributed by atoms with Crippen molar-refractivity contribution in [1.82, 2.24) is 4.90 Å². The van der Waals surface area contributed by atoms with E-state index >= 15 is 0 Å². The fourth-order valence-electron chi connectivity index (χ4n) is 2.28. The third-order valence-corrected chi connectivity index (χ3v) is 3.96. The summed E-state index contributed by atoms with van der Waals surface area (Å²) in [5, 5.41) is 9.91. The Labute approximate surface area is 120 Å². The van der Waals surface area contributed by atoms with Gasteiger partial charge in [-0.2, -0.15) is 0 Å². The summed E-state index contributed by atoms with van der Waals surface area (Å²) >= 11 is 12.0. The highest BCUT2D eigenvalue weighted by Gasteiger charge is 2.34. The van der Waals surface area contributed by atoms with Gasteiger partial charge in [0.15, 0.2) is 0 Å². The number of halogens is 2. The molecule has 0 unspecified atom stereocenters. The number of amides is 1. The average Bonchev–Trinajstić information content (AvgIpc) is 2.83. The molecule has 2 rings (SSSR count). The molecular weight excluding hydrogens is 289 g/mol. The molecule has 1 amide bonds. The molecule has 6 heteroatoms. The topological polar surface area (TPSA) is 57.6 Å². The number of rotatable bonds is 3. The Bertz CT molecular complexity index is 498. The van der Waals surface area contributed by atoms with Crippen LogP contribution in [0.5, 0.6) is 0 Å². The lowest BCUT2D eigenvalue weighted by Crippen LogP contribution is -2.41. The highest BCUT2D eigenvalue weighted by molar-refractivity contribution is 6.36. The molecule has 0 bridgehead atoms. The van der Waals surface area contributed by atoms with Gasteiger partial charge in [0.2, 0.25) is 5.91 Å². The van der Waals surface area contributed by atoms with E-state index < -0.39 is 12.0 Å². The first-order valence-electron chi connectivity index (χ1n) is 5.96. The van der Waals surface area contributed by atoms with Crippen LogP contribution in [0.25, 0.3) is 0 Å². The van der Waals surface area contributed by atoms with Crippen molar-refractivity contribution in [2.75, 3.05) is 6.54 Å². The van der Waals surface area contributed by atoms with Gasteiger partial charge in [-0.15, -0.1) is 0 Å². The van der Waals surface area contributed by atoms with Gasteiger partial charge in [-0.05, 0) is 30.5 Å². The van der Waals surface area contributed by atoms with Crippen LogP contribution in [-0.4, -0.2) is 34.5 Å². The molecule has 0 aromatic heterocycles. The summed E-state index contributed by atoms with van der Waals surface area (Å²) in [4.78, 5) is 24.6. The SMILES string of the molecule is O=C(O)[C@@H]1CCCN1C(=O)Cc1c(Cl)cccc1Cl. The molecule has 1 aliphatic heterocycles. The first-order valence-corrected chi connectivity index (χ1v) is 6.71. The second-order valence-electron chi connectivity index (χ2n) is 4.46. The van der Waals surface area contributed by atoms with Crippen LogP contribution in [0.3, 0.4) is 0 Å². The minimum absolute atomic E-state index is 0.0300. The van der Waals surface area contributed by atoms with Crippen molar-refractivity contribution < 1.29 is 14.7 Å². The third kappa shape index (κ3) is 3.01. The summed E-state index contributed by atoms with van der Waals surface area (Å²) in [5.41, 5.74) is 0.548. The van der Waals surface area contributed by atoms with E-state index in [0.717, 1.165) is 0 Å². The number of carbonyl (C=O) groups is 2. The lowest BCUT2D eigenvalue weighted by molar-refractivity contribution is -0.147. The number of carbonyl (C=O) groups excluding carboxylic acids is 1. The number of likely N-dealkylation sites (tertiary alicyclic amines) is 1. The van der Waals surface area contributed by atoms with Crippen LogP contribution in [0.2, 0.25) is 10.0 Å². The Morgan fingerprint density at radius 3 is 2.53 bits per heavy atom. The minimum Gasteiger partial charge on any atom is -0.480 e. The number of aliphatic carboxylic acids is 1. The molecule has 1 saturated heterocycles. The quantitative estimate of drug-likeness (QED) is 0.933. The molecule has 0 aliphatic carbocycles. The van der Waals surface area contributed by atoms with Crippen LogP contribution in [0, 0.1) is 0 Å². The lowest BCUT2D eigenvalue weighted by Gasteiger charge is -2.21. The lowest BCUT2D eigenvalue weighted by atomic mass is 10.1. The van der Waals surface area contributed by atoms with E-state index in [1.807, 2.05) is 0 Å². The number of hydrogen-bond donors (Lipinski definition) is 1. The highest BCUT2D eigenvalue weighted by atomic mass is 35.5. The smallest absolute Gasteiger partial charge is 0.326 e. The maximum absolute atomic E-state index is 12.2. The van der Waals surface area contributed by atoms with Crippen molar-refractivity contribution in [3.05, 3.63) is 33.8 Å². The summed E-state index contributed by atoms with van der Waals surface area (Å²) in [7, 11) is 0. The molecule has 1 N–H and O–H groups in total. The zero-order valence-corrected chi connectivity index (χ0v) is 11.6. The van der Waals surface area contributed by atoms with E-state index in [2.05, 4.69) is 0 Å². The standard InChI is InChI=1S/C13H13Cl2NO3/c14-9-3-1-4-10(15)8(9)7-12(17)16-6-2-5-11(16)13(18)19/h1,3-4,11H,2,5-7H2,(H,18,19)/t11-/m0/s1. The molecular formula is C13H13Cl2NO3. The summed E-state index contributed by atoms with van der Waals surface area (Å²) in [6.07, 6.45) is 1.23. The fraction of sp³-hybridized carbons (Fsp3) is 0.385. The molecule has 0 saturated carbocycles. The Morgan fingerprint density at radius 1 is 1.32 bits per heavy atom. The molecule has 1 atom stereocenters. The van der Waals surface area contributed by atoms with Gasteiger partial charge in [0.1, 0.15) is 6.04 Å². The maximum Gasteiger partial charge on any atom is 0.326 e. The predicted molar refractivity (Wildman–Crippen MR) is 72.5 cm³/mol. The van der Waals surface area contributed by atoms with Crippen molar-refractivity contribution in [3.63, 3.8) is 0 Å². The molecule has 1 aromatic rings. The first-order chi connectivity index (χ1) is 9.00. The van der Waals surface area contributed by atoms with Crippen LogP contribution < -0.4 is 0 Å². The number of carboxylic acids is 1. The highest BCUT2D eigenvalue weighted by Crippen LogP contribution is 2.26. The molecule has 0 radical (unpaired) electrons. The summed E-state index contributed by atoms with van der Waals surface area (Å²) in [6, 6.07) is 4.30. The Morgan fingerprint density at radius 2 is 1.95 bits per heavy atom. The van der Waals surface area contributed by atoms with Gasteiger partial charge in [-0.1, -0.05) is 29.3 Å². The summed E-state index contributed by atoms with van der Waals surface area (Å²) < 4.78 is 0. The van der Waals surface area contributed by atoms with Crippen molar-refractivity contribution in [3.8, 4) is 0 Å². The van der Waals surface area contributed by atoms with Crippen LogP contribution in [0.1, 0.15) is 18.4 Å². The number of carboxylic acid groups (broad SMARTS) is 1. The van der Waals surface area contributed by atoms with Gasteiger partial charge >= 0.3 is 5.97 Å². The fourth-order valence-corrected chi connectivity index (χ4v) is 2.81. The van der Waals surface area contributed by atoms with Crippen LogP contribution >= 0.6 is 23.2 Å². The minimum atomic E-state index is -0.962. The van der Waals surface area contributed by atoms with Gasteiger partial charge in [0, 0.05) is 16.6 Å². The number of nitrogens with zero attached hydrogens (tertiary/aromatic N) is 1. The second kappa shape index (κ2) is 5.80. The Hall–Kier alpha value is -1.26. The van der Waals surface area contributed by atoms with Gasteiger partial charge in [-0.25, -0.2) is 4.79 Å². The average molecular weight is 302 g/mol. The number of benzene rings is 1. The molecule has 102 valence electrons. The maximum atomic E-state index is 12.2. The zero-order chi connectivity index (χ0) is 14.0. The molecule has 4 nitrogen and oxygen atoms in total. The normalized spacial score (nSPS) is 18.6. The Kier molecular flexibility index (Phi) is 4.32. The second-order valence-corrected chi connectivity index (χ2v) is 5.27. The molecule has 1 fully saturated rings. The van der Waals surface area contributed by atoms with E-state index in [9.17, 15) is 9.59 Å². The van der Waals surface area contributed by atoms with Crippen LogP contribution in [0.4, 0.5) is 0 Å². The van der Waals surface area contributed by atoms with Crippen LogP contribution in [0.15, 0.2) is 18.2 Å². The van der Waals surface area contributed by atoms with Crippen molar-refractivity contribution in [1.29, 1.82) is 0 Å². The van der Waals surface area contributed by atoms with Gasteiger partial charge in [0.25, 0.3) is 0 Å². The molecule has 0 spiro atoms. The largest absolute Gasteiger partial charge is 0.480 e. The third-order valence-electron chi connectivity index (χ3n) is 3.25. The monoisotopic (exact) mass is 301 g/mol. The zero-order valence-electron chi connectivity index (χ0n) is 10.1. The van der Waals surface area contributed by atoms with Crippen LogP contribution in [-0.2, 0) is 16.0 Å². The first kappa shape index (κ1) is 14.2. The number of hydrogen-bond acceptors (Lipinski definition) is 2. The van der Waals surface area contributed by atoms with Crippen molar-refractivity contribution in [2.24, 2.45) is 0 Å². The summed E-state index contributed by atoms with van der Waals surface area (Å²) in [5.74, 6) is -1.21. The van der Waals surface area contributed by atoms with E-state index in [0.29, 0.717) is 35.0 Å². The molecule has 1 heterocycles. The van der Waals surface area contributed by atoms with Gasteiger partial charge in [0.05, 0.1) is 6.42 Å². The summed E-state index contributed by atoms with van der Waals surface area (Å²) in [6.45, 7) is 0.470. The van der Waals surface area contributed by atoms with E-state index in [1.54, 1.807) is 18.2 Å². The predicted octanol–water partition coefficient (Wildman–Crippen LogP) is 2.61. The molecule has 1 aromatic carbocycles. The van der Waals surface area contributed by atoms with E-state index in [-0.39, 0.29) is 12.3 Å².